The monoisotopic (exact) mass is 374 g/mol. The van der Waals surface area contributed by atoms with Crippen molar-refractivity contribution in [3.05, 3.63) is 30.3 Å². The molecule has 0 aliphatic heterocycles. The van der Waals surface area contributed by atoms with E-state index in [9.17, 15) is 8.42 Å². The summed E-state index contributed by atoms with van der Waals surface area (Å²) >= 11 is 0. The third kappa shape index (κ3) is 5.54. The molecule has 0 unspecified atom stereocenters. The van der Waals surface area contributed by atoms with Crippen molar-refractivity contribution in [1.82, 2.24) is 0 Å². The molecule has 0 N–H and O–H groups in total. The zero-order chi connectivity index (χ0) is 18.1. The molecule has 1 aromatic carbocycles. The Morgan fingerprint density at radius 2 is 1.25 bits per heavy atom. The van der Waals surface area contributed by atoms with Gasteiger partial charge in [0.15, 0.2) is 0 Å². The molecule has 1 aromatic rings. The van der Waals surface area contributed by atoms with Crippen molar-refractivity contribution < 1.29 is 12.4 Å². The molecule has 0 radical (unpaired) electrons. The van der Waals surface area contributed by atoms with Crippen LogP contribution in [0, 0.1) is 0 Å². The van der Waals surface area contributed by atoms with E-state index < -0.39 is 16.9 Å². The Labute approximate surface area is 149 Å². The maximum absolute atomic E-state index is 12.3. The first-order chi connectivity index (χ1) is 11.3. The Hall–Kier alpha value is -0.440. The average molecular weight is 375 g/mol. The standard InChI is InChI=1S/C19H35O3PS/c1-5-8-16-23(17-9-6-2,18-10-7-3,22-24(4,20)21)19-14-12-11-13-15-19/h11-15H,5-10,16-18H2,1-4H3. The van der Waals surface area contributed by atoms with Crippen LogP contribution in [0.1, 0.15) is 59.3 Å². The summed E-state index contributed by atoms with van der Waals surface area (Å²) in [5.41, 5.74) is 0. The molecule has 0 amide bonds. The molecule has 0 aliphatic carbocycles. The second kappa shape index (κ2) is 9.31. The van der Waals surface area contributed by atoms with Gasteiger partial charge in [0, 0.05) is 0 Å². The summed E-state index contributed by atoms with van der Waals surface area (Å²) < 4.78 is 30.9. The van der Waals surface area contributed by atoms with Crippen LogP contribution in [0.2, 0.25) is 0 Å². The predicted octanol–water partition coefficient (Wildman–Crippen LogP) is 5.16. The number of hydrogen-bond donors (Lipinski definition) is 0. The van der Waals surface area contributed by atoms with E-state index in [1.54, 1.807) is 0 Å². The molecule has 0 saturated carbocycles. The zero-order valence-corrected chi connectivity index (χ0v) is 17.5. The summed E-state index contributed by atoms with van der Waals surface area (Å²) in [6.45, 7) is 3.48. The van der Waals surface area contributed by atoms with Crippen LogP contribution in [0.25, 0.3) is 0 Å². The molecule has 3 nitrogen and oxygen atoms in total. The summed E-state index contributed by atoms with van der Waals surface area (Å²) in [7, 11) is -3.52. The third-order valence-corrected chi connectivity index (χ3v) is 13.1. The van der Waals surface area contributed by atoms with Crippen molar-refractivity contribution in [2.75, 3.05) is 24.7 Å². The van der Waals surface area contributed by atoms with Gasteiger partial charge in [-0.2, -0.15) is 0 Å². The molecule has 0 atom stereocenters. The van der Waals surface area contributed by atoms with Crippen molar-refractivity contribution in [2.24, 2.45) is 0 Å². The summed E-state index contributed by atoms with van der Waals surface area (Å²) in [5.74, 6) is 0. The fourth-order valence-corrected chi connectivity index (χ4v) is 13.2. The minimum absolute atomic E-state index is 0.874. The van der Waals surface area contributed by atoms with Gasteiger partial charge in [-0.15, -0.1) is 0 Å². The van der Waals surface area contributed by atoms with Gasteiger partial charge >= 0.3 is 149 Å². The van der Waals surface area contributed by atoms with Crippen molar-refractivity contribution in [3.8, 4) is 0 Å². The summed E-state index contributed by atoms with van der Waals surface area (Å²) in [4.78, 5) is 0. The van der Waals surface area contributed by atoms with Gasteiger partial charge in [0.2, 0.25) is 0 Å². The van der Waals surface area contributed by atoms with Gasteiger partial charge in [-0.1, -0.05) is 0 Å². The Balaban J connectivity index is 3.59. The molecule has 0 aliphatic rings. The Morgan fingerprint density at radius 3 is 1.58 bits per heavy atom. The van der Waals surface area contributed by atoms with E-state index in [4.69, 9.17) is 3.97 Å². The topological polar surface area (TPSA) is 43.4 Å². The van der Waals surface area contributed by atoms with Crippen molar-refractivity contribution in [2.45, 2.75) is 59.3 Å². The molecule has 1 rings (SSSR count). The molecule has 0 bridgehead atoms. The van der Waals surface area contributed by atoms with Crippen LogP contribution in [0.15, 0.2) is 30.3 Å². The van der Waals surface area contributed by atoms with Crippen molar-refractivity contribution in [3.63, 3.8) is 0 Å². The van der Waals surface area contributed by atoms with Crippen LogP contribution in [0.5, 0.6) is 0 Å². The van der Waals surface area contributed by atoms with Crippen molar-refractivity contribution in [1.29, 1.82) is 0 Å². The molecule has 0 heterocycles. The van der Waals surface area contributed by atoms with Gasteiger partial charge in [-0.25, -0.2) is 0 Å². The molecule has 0 spiro atoms. The molecule has 24 heavy (non-hydrogen) atoms. The zero-order valence-electron chi connectivity index (χ0n) is 15.8. The predicted molar refractivity (Wildman–Crippen MR) is 108 cm³/mol. The first-order valence-corrected chi connectivity index (χ1v) is 13.8. The van der Waals surface area contributed by atoms with Crippen LogP contribution < -0.4 is 5.30 Å². The van der Waals surface area contributed by atoms with Crippen molar-refractivity contribution >= 4 is 22.3 Å². The first kappa shape index (κ1) is 21.6. The summed E-state index contributed by atoms with van der Waals surface area (Å²) in [5, 5.41) is 1.14. The summed E-state index contributed by atoms with van der Waals surface area (Å²) in [6.07, 6.45) is 10.0. The number of rotatable bonds is 12. The summed E-state index contributed by atoms with van der Waals surface area (Å²) in [6, 6.07) is 10.2. The Morgan fingerprint density at radius 1 is 0.833 bits per heavy atom. The second-order valence-corrected chi connectivity index (χ2v) is 14.1. The molecular formula is C19H35O3PS. The molecule has 0 aromatic heterocycles. The Bertz CT molecular complexity index is 559. The van der Waals surface area contributed by atoms with Gasteiger partial charge in [0.05, 0.1) is 0 Å². The molecule has 5 heteroatoms. The van der Waals surface area contributed by atoms with E-state index in [-0.39, 0.29) is 0 Å². The maximum atomic E-state index is 12.3. The number of hydrogen-bond acceptors (Lipinski definition) is 3. The van der Waals surface area contributed by atoms with E-state index >= 15 is 0 Å². The van der Waals surface area contributed by atoms with E-state index in [1.807, 2.05) is 18.2 Å². The number of benzene rings is 1. The van der Waals surface area contributed by atoms with Gasteiger partial charge in [0.1, 0.15) is 0 Å². The van der Waals surface area contributed by atoms with Crippen LogP contribution in [0.3, 0.4) is 0 Å². The molecular weight excluding hydrogens is 339 g/mol. The van der Waals surface area contributed by atoms with Gasteiger partial charge < -0.3 is 0 Å². The third-order valence-electron chi connectivity index (χ3n) is 4.83. The average Bonchev–Trinajstić information content (AvgIpc) is 2.56. The molecule has 0 fully saturated rings. The molecule has 0 saturated heterocycles. The van der Waals surface area contributed by atoms with Gasteiger partial charge in [0.25, 0.3) is 0 Å². The quantitative estimate of drug-likeness (QED) is 0.475. The van der Waals surface area contributed by atoms with Crippen LogP contribution in [-0.2, 0) is 14.1 Å². The van der Waals surface area contributed by atoms with Gasteiger partial charge in [-0.05, 0) is 0 Å². The first-order valence-electron chi connectivity index (χ1n) is 9.30. The second-order valence-electron chi connectivity index (χ2n) is 6.97. The van der Waals surface area contributed by atoms with Crippen LogP contribution in [-0.4, -0.2) is 33.2 Å². The van der Waals surface area contributed by atoms with Crippen LogP contribution >= 0.6 is 6.83 Å². The minimum atomic E-state index is -3.52. The van der Waals surface area contributed by atoms with E-state index in [0.717, 1.165) is 62.3 Å². The Kier molecular flexibility index (Phi) is 8.38. The van der Waals surface area contributed by atoms with E-state index in [0.29, 0.717) is 0 Å². The van der Waals surface area contributed by atoms with E-state index in [2.05, 4.69) is 32.9 Å². The molecule has 140 valence electrons. The SMILES string of the molecule is CCCCP(CCCC)(CCCC)(OS(C)(=O)=O)c1ccccc1. The number of unbranched alkanes of at least 4 members (excludes halogenated alkanes) is 3. The van der Waals surface area contributed by atoms with E-state index in [1.165, 1.54) is 6.26 Å². The van der Waals surface area contributed by atoms with Gasteiger partial charge in [-0.3, -0.25) is 0 Å². The van der Waals surface area contributed by atoms with Crippen LogP contribution in [0.4, 0.5) is 0 Å². The fourth-order valence-electron chi connectivity index (χ4n) is 3.61. The fraction of sp³-hybridized carbons (Fsp3) is 0.684. The normalized spacial score (nSPS) is 14.2.